The molecule has 3 unspecified atom stereocenters. The summed E-state index contributed by atoms with van der Waals surface area (Å²) >= 11 is 1.64. The van der Waals surface area contributed by atoms with Crippen LogP contribution in [-0.2, 0) is 21.1 Å². The van der Waals surface area contributed by atoms with Crippen LogP contribution in [0.4, 0.5) is 5.69 Å². The minimum absolute atomic E-state index is 0.0203. The summed E-state index contributed by atoms with van der Waals surface area (Å²) in [6.45, 7) is 14.3. The van der Waals surface area contributed by atoms with Gasteiger partial charge in [-0.3, -0.25) is 14.4 Å². The number of hydrogen-bond acceptors (Lipinski definition) is 7. The number of nitrogens with zero attached hydrogens (tertiary/aromatic N) is 6. The summed E-state index contributed by atoms with van der Waals surface area (Å²) in [4.78, 5) is 49.7. The third-order valence-electron chi connectivity index (χ3n) is 10.6. The lowest BCUT2D eigenvalue weighted by atomic mass is 9.65. The summed E-state index contributed by atoms with van der Waals surface area (Å²) in [6, 6.07) is 15.6. The zero-order valence-corrected chi connectivity index (χ0v) is 28.1. The van der Waals surface area contributed by atoms with Crippen molar-refractivity contribution in [3.05, 3.63) is 79.9 Å². The molecule has 47 heavy (non-hydrogen) atoms. The SMILES string of the molecule is C=CCN(Cn1nnc2ccccc21)C(=O)C1N([C@@H](CO)[C@@H](C)CC)C(=O)[C@@H]2[C@@H](C(=O)N(CC=C)c3ccccc3)[C@H]3CC(C)C12S3. The minimum atomic E-state index is -0.881. The predicted octanol–water partition coefficient (Wildman–Crippen LogP) is 4.37. The summed E-state index contributed by atoms with van der Waals surface area (Å²) in [5.41, 5.74) is 2.25. The molecule has 3 aliphatic heterocycles. The second-order valence-corrected chi connectivity index (χ2v) is 14.6. The maximum Gasteiger partial charge on any atom is 0.248 e. The van der Waals surface area contributed by atoms with Crippen LogP contribution >= 0.6 is 11.8 Å². The molecule has 10 nitrogen and oxygen atoms in total. The van der Waals surface area contributed by atoms with Gasteiger partial charge in [-0.1, -0.05) is 74.9 Å². The fraction of sp³-hybridized carbons (Fsp3) is 0.472. The highest BCUT2D eigenvalue weighted by atomic mass is 32.2. The zero-order chi connectivity index (χ0) is 33.5. The fourth-order valence-electron chi connectivity index (χ4n) is 8.16. The van der Waals surface area contributed by atoms with Crippen molar-refractivity contribution in [3.63, 3.8) is 0 Å². The van der Waals surface area contributed by atoms with Crippen molar-refractivity contribution >= 4 is 46.2 Å². The molecule has 2 bridgehead atoms. The van der Waals surface area contributed by atoms with E-state index in [4.69, 9.17) is 0 Å². The summed E-state index contributed by atoms with van der Waals surface area (Å²) in [5, 5.41) is 19.3. The Hall–Kier alpha value is -3.96. The van der Waals surface area contributed by atoms with E-state index in [9.17, 15) is 14.7 Å². The van der Waals surface area contributed by atoms with Crippen LogP contribution in [0.25, 0.3) is 11.0 Å². The highest BCUT2D eigenvalue weighted by molar-refractivity contribution is 8.02. The van der Waals surface area contributed by atoms with E-state index in [0.29, 0.717) is 19.4 Å². The molecule has 0 saturated carbocycles. The van der Waals surface area contributed by atoms with E-state index in [1.807, 2.05) is 68.4 Å². The second-order valence-electron chi connectivity index (χ2n) is 13.1. The summed E-state index contributed by atoms with van der Waals surface area (Å²) in [7, 11) is 0. The lowest BCUT2D eigenvalue weighted by Gasteiger charge is -2.43. The maximum atomic E-state index is 15.1. The molecule has 0 radical (unpaired) electrons. The van der Waals surface area contributed by atoms with E-state index in [-0.39, 0.29) is 54.6 Å². The lowest BCUT2D eigenvalue weighted by Crippen LogP contribution is -2.60. The van der Waals surface area contributed by atoms with Gasteiger partial charge in [0.15, 0.2) is 0 Å². The summed E-state index contributed by atoms with van der Waals surface area (Å²) in [5.74, 6) is -2.01. The number of benzene rings is 2. The van der Waals surface area contributed by atoms with Crippen molar-refractivity contribution in [1.82, 2.24) is 24.8 Å². The van der Waals surface area contributed by atoms with Crippen LogP contribution in [0.2, 0.25) is 0 Å². The number of para-hydroxylation sites is 2. The van der Waals surface area contributed by atoms with Gasteiger partial charge < -0.3 is 19.8 Å². The quantitative estimate of drug-likeness (QED) is 0.272. The van der Waals surface area contributed by atoms with E-state index >= 15 is 4.79 Å². The number of carbonyl (C=O) groups is 3. The molecule has 4 heterocycles. The number of rotatable bonds is 13. The van der Waals surface area contributed by atoms with Crippen molar-refractivity contribution < 1.29 is 19.5 Å². The third kappa shape index (κ3) is 5.27. The van der Waals surface area contributed by atoms with E-state index < -0.39 is 28.7 Å². The van der Waals surface area contributed by atoms with Crippen LogP contribution in [0.5, 0.6) is 0 Å². The Morgan fingerprint density at radius 2 is 1.81 bits per heavy atom. The standard InChI is InChI=1S/C36H44N6O4S/c1-6-18-39(22-41-27-17-13-12-16-26(27)37-38-41)35(46)32-36-24(5)20-29(47-36)30(31(36)34(45)42(32)28(21-43)23(4)8-3)33(44)40(19-7-2)25-14-10-9-11-15-25/h6-7,9-17,23-24,28-32,43H,1-2,8,18-22H2,3-5H3/t23-,24?,28-,29+,30-,31-,32?,36?/m0/s1. The predicted molar refractivity (Wildman–Crippen MR) is 184 cm³/mol. The molecule has 0 aliphatic carbocycles. The van der Waals surface area contributed by atoms with Crippen LogP contribution in [0.1, 0.15) is 33.6 Å². The smallest absolute Gasteiger partial charge is 0.248 e. The van der Waals surface area contributed by atoms with Crippen molar-refractivity contribution in [3.8, 4) is 0 Å². The molecule has 3 aromatic rings. The van der Waals surface area contributed by atoms with Gasteiger partial charge in [0.1, 0.15) is 18.2 Å². The Kier molecular flexibility index (Phi) is 9.31. The van der Waals surface area contributed by atoms with E-state index in [1.54, 1.807) is 43.3 Å². The van der Waals surface area contributed by atoms with E-state index in [0.717, 1.165) is 16.7 Å². The highest BCUT2D eigenvalue weighted by Gasteiger charge is 2.77. The first-order valence-corrected chi connectivity index (χ1v) is 17.4. The number of anilines is 1. The number of aliphatic hydroxyl groups is 1. The molecular weight excluding hydrogens is 613 g/mol. The van der Waals surface area contributed by atoms with Gasteiger partial charge in [-0.25, -0.2) is 4.68 Å². The monoisotopic (exact) mass is 656 g/mol. The first kappa shape index (κ1) is 33.0. The Bertz CT molecular complexity index is 1660. The van der Waals surface area contributed by atoms with Crippen LogP contribution in [-0.4, -0.2) is 89.4 Å². The Labute approximate surface area is 280 Å². The van der Waals surface area contributed by atoms with Gasteiger partial charge in [-0.15, -0.1) is 30.0 Å². The summed E-state index contributed by atoms with van der Waals surface area (Å²) < 4.78 is 0.841. The van der Waals surface area contributed by atoms with Gasteiger partial charge in [0.05, 0.1) is 34.7 Å². The van der Waals surface area contributed by atoms with Crippen LogP contribution < -0.4 is 4.90 Å². The number of aromatic nitrogens is 3. The van der Waals surface area contributed by atoms with E-state index in [1.165, 1.54) is 0 Å². The average Bonchev–Trinajstić information content (AvgIpc) is 3.81. The molecule has 1 aromatic heterocycles. The minimum Gasteiger partial charge on any atom is -0.394 e. The van der Waals surface area contributed by atoms with Crippen LogP contribution in [0.15, 0.2) is 79.9 Å². The normalized spacial score (nSPS) is 27.4. The molecule has 1 N–H and O–H groups in total. The zero-order valence-electron chi connectivity index (χ0n) is 27.3. The van der Waals surface area contributed by atoms with Crippen molar-refractivity contribution in [2.45, 2.75) is 62.4 Å². The molecule has 3 fully saturated rings. The van der Waals surface area contributed by atoms with Gasteiger partial charge in [0, 0.05) is 24.0 Å². The topological polar surface area (TPSA) is 112 Å². The highest BCUT2D eigenvalue weighted by Crippen LogP contribution is 2.69. The number of carbonyl (C=O) groups excluding carboxylic acids is 3. The van der Waals surface area contributed by atoms with Crippen molar-refractivity contribution in [2.24, 2.45) is 23.7 Å². The van der Waals surface area contributed by atoms with Crippen LogP contribution in [0.3, 0.4) is 0 Å². The van der Waals surface area contributed by atoms with Crippen molar-refractivity contribution in [1.29, 1.82) is 0 Å². The molecule has 2 aromatic carbocycles. The van der Waals surface area contributed by atoms with Gasteiger partial charge in [0.25, 0.3) is 0 Å². The van der Waals surface area contributed by atoms with Crippen molar-refractivity contribution in [2.75, 3.05) is 24.6 Å². The van der Waals surface area contributed by atoms with Gasteiger partial charge in [0.2, 0.25) is 17.7 Å². The molecule has 3 amide bonds. The largest absolute Gasteiger partial charge is 0.394 e. The van der Waals surface area contributed by atoms with Gasteiger partial charge >= 0.3 is 0 Å². The first-order chi connectivity index (χ1) is 22.7. The molecule has 3 aliphatic rings. The molecule has 11 heteroatoms. The van der Waals surface area contributed by atoms with Crippen LogP contribution in [0, 0.1) is 23.7 Å². The average molecular weight is 657 g/mol. The Morgan fingerprint density at radius 3 is 2.49 bits per heavy atom. The molecular formula is C36H44N6O4S. The Balaban J connectivity index is 1.45. The van der Waals surface area contributed by atoms with Gasteiger partial charge in [-0.2, -0.15) is 0 Å². The third-order valence-corrected chi connectivity index (χ3v) is 12.7. The fourth-order valence-corrected chi connectivity index (χ4v) is 10.6. The second kappa shape index (κ2) is 13.3. The molecule has 6 rings (SSSR count). The Morgan fingerprint density at radius 1 is 1.11 bits per heavy atom. The molecule has 1 spiro atoms. The molecule has 248 valence electrons. The number of aliphatic hydroxyl groups excluding tert-OH is 1. The number of amides is 3. The van der Waals surface area contributed by atoms with Gasteiger partial charge in [-0.05, 0) is 42.5 Å². The summed E-state index contributed by atoms with van der Waals surface area (Å²) in [6.07, 6.45) is 4.79. The first-order valence-electron chi connectivity index (χ1n) is 16.5. The van der Waals surface area contributed by atoms with E-state index in [2.05, 4.69) is 30.4 Å². The number of likely N-dealkylation sites (tertiary alicyclic amines) is 1. The molecule has 8 atom stereocenters. The number of thioether (sulfide) groups is 1. The molecule has 3 saturated heterocycles. The maximum absolute atomic E-state index is 15.1. The number of hydrogen-bond donors (Lipinski definition) is 1. The number of fused-ring (bicyclic) bond motifs is 2. The lowest BCUT2D eigenvalue weighted by molar-refractivity contribution is -0.147.